The molecule has 1 heterocycles. The maximum atomic E-state index is 12.7. The van der Waals surface area contributed by atoms with Crippen molar-refractivity contribution >= 4 is 17.8 Å². The zero-order valence-electron chi connectivity index (χ0n) is 21.2. The van der Waals surface area contributed by atoms with Crippen LogP contribution in [0.25, 0.3) is 11.1 Å². The van der Waals surface area contributed by atoms with E-state index in [0.717, 1.165) is 16.7 Å². The number of nitrogens with one attached hydrogen (secondary N) is 2. The van der Waals surface area contributed by atoms with Crippen molar-refractivity contribution in [2.24, 2.45) is 17.1 Å². The summed E-state index contributed by atoms with van der Waals surface area (Å²) in [5, 5.41) is 22.7. The van der Waals surface area contributed by atoms with Gasteiger partial charge in [0.05, 0.1) is 6.20 Å². The summed E-state index contributed by atoms with van der Waals surface area (Å²) in [6, 6.07) is 16.3. The van der Waals surface area contributed by atoms with Crippen LogP contribution in [0.3, 0.4) is 0 Å². The first-order chi connectivity index (χ1) is 17.6. The van der Waals surface area contributed by atoms with Gasteiger partial charge >= 0.3 is 11.9 Å². The summed E-state index contributed by atoms with van der Waals surface area (Å²) in [6.07, 6.45) is 1.63. The Labute approximate surface area is 215 Å². The van der Waals surface area contributed by atoms with Gasteiger partial charge in [0.1, 0.15) is 18.1 Å². The zero-order chi connectivity index (χ0) is 27.0. The topological polar surface area (TPSA) is 160 Å². The van der Waals surface area contributed by atoms with Gasteiger partial charge in [0, 0.05) is 6.04 Å². The number of carboxylic acid groups (broad SMARTS) is 1. The highest BCUT2D eigenvalue weighted by atomic mass is 16.5. The van der Waals surface area contributed by atoms with E-state index in [0.29, 0.717) is 6.42 Å². The Kier molecular flexibility index (Phi) is 9.13. The molecule has 1 amide bonds. The van der Waals surface area contributed by atoms with E-state index >= 15 is 0 Å². The lowest BCUT2D eigenvalue weighted by atomic mass is 9.82. The molecule has 37 heavy (non-hydrogen) atoms. The minimum absolute atomic E-state index is 0.00341. The van der Waals surface area contributed by atoms with Gasteiger partial charge < -0.3 is 20.9 Å². The molecule has 0 saturated heterocycles. The molecule has 10 nitrogen and oxygen atoms in total. The summed E-state index contributed by atoms with van der Waals surface area (Å²) in [4.78, 5) is 37.3. The summed E-state index contributed by atoms with van der Waals surface area (Å²) in [6.45, 7) is 4.66. The Morgan fingerprint density at radius 2 is 1.73 bits per heavy atom. The molecule has 0 fully saturated rings. The van der Waals surface area contributed by atoms with Gasteiger partial charge in [-0.05, 0) is 42.4 Å². The van der Waals surface area contributed by atoms with E-state index in [4.69, 9.17) is 10.5 Å². The predicted octanol–water partition coefficient (Wildman–Crippen LogP) is 2.82. The Hall–Kier alpha value is -4.05. The zero-order valence-corrected chi connectivity index (χ0v) is 21.2. The van der Waals surface area contributed by atoms with Crippen molar-refractivity contribution in [3.05, 3.63) is 72.1 Å². The molecule has 0 bridgehead atoms. The van der Waals surface area contributed by atoms with E-state index in [2.05, 4.69) is 20.7 Å². The molecule has 2 aromatic carbocycles. The number of H-pyrrole nitrogens is 1. The van der Waals surface area contributed by atoms with Gasteiger partial charge in [0.25, 0.3) is 5.91 Å². The number of ether oxygens (including phenoxy) is 1. The largest absolute Gasteiger partial charge is 0.481 e. The second kappa shape index (κ2) is 12.3. The number of aliphatic carboxylic acids is 1. The van der Waals surface area contributed by atoms with Crippen molar-refractivity contribution in [2.45, 2.75) is 45.7 Å². The Balaban J connectivity index is 1.79. The number of hydrogen-bond acceptors (Lipinski definition) is 7. The number of carbonyl (C=O) groups excluding carboxylic acids is 2. The monoisotopic (exact) mass is 507 g/mol. The molecule has 0 aliphatic carbocycles. The number of carboxylic acids is 1. The molecule has 0 aliphatic rings. The number of benzene rings is 2. The molecule has 3 rings (SSSR count). The van der Waals surface area contributed by atoms with Crippen molar-refractivity contribution in [3.8, 4) is 11.1 Å². The molecule has 3 aromatic rings. The van der Waals surface area contributed by atoms with Gasteiger partial charge in [-0.1, -0.05) is 68.4 Å². The van der Waals surface area contributed by atoms with E-state index in [9.17, 15) is 19.5 Å². The van der Waals surface area contributed by atoms with E-state index in [-0.39, 0.29) is 24.6 Å². The number of rotatable bonds is 12. The normalized spacial score (nSPS) is 14.4. The molecule has 0 spiro atoms. The molecule has 196 valence electrons. The highest BCUT2D eigenvalue weighted by Crippen LogP contribution is 2.27. The number of aromatic nitrogens is 3. The fourth-order valence-corrected chi connectivity index (χ4v) is 3.84. The average Bonchev–Trinajstić information content (AvgIpc) is 3.43. The molecule has 5 N–H and O–H groups in total. The standard InChI is InChI=1S/C27H33N5O5/c1-17(2)23(28)25(34)37-16-27(3,26(35)36)14-21(30-24(33)22-15-29-32-31-22)13-18-9-11-20(12-10-18)19-7-5-4-6-8-19/h4-12,15,17,21,23H,13-14,16,28H2,1-3H3,(H,30,33)(H,35,36)(H,29,31,32)/t21-,23+,27+/m1/s1. The molecular formula is C27H33N5O5. The maximum absolute atomic E-state index is 12.7. The second-order valence-corrected chi connectivity index (χ2v) is 9.74. The van der Waals surface area contributed by atoms with Crippen molar-refractivity contribution in [1.29, 1.82) is 0 Å². The van der Waals surface area contributed by atoms with Crippen LogP contribution in [-0.2, 0) is 20.7 Å². The first-order valence-corrected chi connectivity index (χ1v) is 12.1. The smallest absolute Gasteiger partial charge is 0.323 e. The lowest BCUT2D eigenvalue weighted by Gasteiger charge is -2.30. The molecule has 0 unspecified atom stereocenters. The number of carbonyl (C=O) groups is 3. The van der Waals surface area contributed by atoms with Crippen LogP contribution in [-0.4, -0.2) is 57.1 Å². The number of hydrogen-bond donors (Lipinski definition) is 4. The lowest BCUT2D eigenvalue weighted by molar-refractivity contribution is -0.160. The third kappa shape index (κ3) is 7.47. The molecule has 0 saturated carbocycles. The third-order valence-electron chi connectivity index (χ3n) is 6.26. The van der Waals surface area contributed by atoms with E-state index in [1.54, 1.807) is 13.8 Å². The summed E-state index contributed by atoms with van der Waals surface area (Å²) in [7, 11) is 0. The van der Waals surface area contributed by atoms with Gasteiger partial charge in [-0.25, -0.2) is 0 Å². The van der Waals surface area contributed by atoms with Crippen LogP contribution in [0.2, 0.25) is 0 Å². The highest BCUT2D eigenvalue weighted by Gasteiger charge is 2.39. The minimum atomic E-state index is -1.47. The van der Waals surface area contributed by atoms with Crippen LogP contribution >= 0.6 is 0 Å². The quantitative estimate of drug-likeness (QED) is 0.272. The van der Waals surface area contributed by atoms with Crippen LogP contribution < -0.4 is 11.1 Å². The molecular weight excluding hydrogens is 474 g/mol. The number of nitrogens with two attached hydrogens (primary N) is 1. The predicted molar refractivity (Wildman–Crippen MR) is 137 cm³/mol. The van der Waals surface area contributed by atoms with Crippen LogP contribution in [0.5, 0.6) is 0 Å². The maximum Gasteiger partial charge on any atom is 0.323 e. The van der Waals surface area contributed by atoms with Crippen LogP contribution in [0.4, 0.5) is 0 Å². The fraction of sp³-hybridized carbons (Fsp3) is 0.370. The second-order valence-electron chi connectivity index (χ2n) is 9.74. The lowest BCUT2D eigenvalue weighted by Crippen LogP contribution is -2.46. The first-order valence-electron chi connectivity index (χ1n) is 12.1. The van der Waals surface area contributed by atoms with Crippen molar-refractivity contribution in [3.63, 3.8) is 0 Å². The van der Waals surface area contributed by atoms with Crippen molar-refractivity contribution in [2.75, 3.05) is 6.61 Å². The highest BCUT2D eigenvalue weighted by molar-refractivity contribution is 5.92. The van der Waals surface area contributed by atoms with E-state index < -0.39 is 35.3 Å². The number of amides is 1. The Morgan fingerprint density at radius 3 is 2.30 bits per heavy atom. The summed E-state index contributed by atoms with van der Waals surface area (Å²) in [5.74, 6) is -2.47. The molecule has 1 aromatic heterocycles. The molecule has 10 heteroatoms. The molecule has 3 atom stereocenters. The van der Waals surface area contributed by atoms with Gasteiger partial charge in [0.2, 0.25) is 0 Å². The van der Waals surface area contributed by atoms with Crippen LogP contribution in [0.15, 0.2) is 60.8 Å². The summed E-state index contributed by atoms with van der Waals surface area (Å²) in [5.41, 5.74) is 7.47. The number of aromatic amines is 1. The summed E-state index contributed by atoms with van der Waals surface area (Å²) < 4.78 is 5.30. The Bertz CT molecular complexity index is 1180. The molecule has 0 radical (unpaired) electrons. The van der Waals surface area contributed by atoms with Gasteiger partial charge in [-0.2, -0.15) is 15.4 Å². The van der Waals surface area contributed by atoms with E-state index in [1.165, 1.54) is 13.1 Å². The van der Waals surface area contributed by atoms with Crippen LogP contribution in [0, 0.1) is 11.3 Å². The van der Waals surface area contributed by atoms with Crippen LogP contribution in [0.1, 0.15) is 43.2 Å². The van der Waals surface area contributed by atoms with Gasteiger partial charge in [0.15, 0.2) is 5.69 Å². The molecule has 0 aliphatic heterocycles. The van der Waals surface area contributed by atoms with Crippen molar-refractivity contribution in [1.82, 2.24) is 20.7 Å². The first kappa shape index (κ1) is 27.5. The summed E-state index contributed by atoms with van der Waals surface area (Å²) >= 11 is 0. The SMILES string of the molecule is CC(C)[C@H](N)C(=O)OC[C@](C)(C[C@@H](Cc1ccc(-c2ccccc2)cc1)NC(=O)c1cn[nH]n1)C(=O)O. The minimum Gasteiger partial charge on any atom is -0.481 e. The van der Waals surface area contributed by atoms with Gasteiger partial charge in [-0.15, -0.1) is 0 Å². The number of nitrogens with zero attached hydrogens (tertiary/aromatic N) is 2. The Morgan fingerprint density at radius 1 is 1.08 bits per heavy atom. The average molecular weight is 508 g/mol. The van der Waals surface area contributed by atoms with Gasteiger partial charge in [-0.3, -0.25) is 14.4 Å². The fourth-order valence-electron chi connectivity index (χ4n) is 3.84. The number of esters is 1. The van der Waals surface area contributed by atoms with E-state index in [1.807, 2.05) is 54.6 Å². The van der Waals surface area contributed by atoms with Crippen molar-refractivity contribution < 1.29 is 24.2 Å². The third-order valence-corrected chi connectivity index (χ3v) is 6.26.